The molecule has 0 bridgehead atoms. The van der Waals surface area contributed by atoms with E-state index in [1.807, 2.05) is 28.9 Å². The Kier molecular flexibility index (Phi) is 6.66. The third kappa shape index (κ3) is 5.13. The van der Waals surface area contributed by atoms with Gasteiger partial charge in [-0.15, -0.1) is 0 Å². The number of nitrogens with one attached hydrogen (secondary N) is 1. The van der Waals surface area contributed by atoms with Crippen LogP contribution in [0.3, 0.4) is 0 Å². The van der Waals surface area contributed by atoms with Crippen molar-refractivity contribution >= 4 is 52.5 Å². The van der Waals surface area contributed by atoms with E-state index in [1.165, 1.54) is 4.90 Å². The number of nitrogens with zero attached hydrogens (tertiary/aromatic N) is 3. The molecule has 4 rings (SSSR count). The van der Waals surface area contributed by atoms with Gasteiger partial charge >= 0.3 is 0 Å². The number of aromatic nitrogens is 2. The molecule has 0 atom stereocenters. The Morgan fingerprint density at radius 2 is 1.47 bits per heavy atom. The van der Waals surface area contributed by atoms with Crippen LogP contribution in [0.15, 0.2) is 60.2 Å². The number of hydrogen-bond donors (Lipinski definition) is 1. The van der Waals surface area contributed by atoms with E-state index in [0.717, 1.165) is 17.1 Å². The number of carbonyl (C=O) groups excluding carboxylic acids is 2. The summed E-state index contributed by atoms with van der Waals surface area (Å²) >= 11 is 11.2. The fraction of sp³-hybridized carbons (Fsp3) is 0.286. The third-order valence-corrected chi connectivity index (χ3v) is 6.42. The second-order valence-corrected chi connectivity index (χ2v) is 11.7. The molecule has 3 aromatic rings. The third-order valence-electron chi connectivity index (χ3n) is 5.88. The normalized spacial score (nSPS) is 16.0. The first kappa shape index (κ1) is 25.8. The molecule has 0 radical (unpaired) electrons. The van der Waals surface area contributed by atoms with E-state index >= 15 is 0 Å². The smallest absolute Gasteiger partial charge is 0.270 e. The highest BCUT2D eigenvalue weighted by molar-refractivity contribution is 7.80. The minimum Gasteiger partial charge on any atom is -0.298 e. The van der Waals surface area contributed by atoms with Gasteiger partial charge in [-0.2, -0.15) is 5.10 Å². The van der Waals surface area contributed by atoms with Crippen molar-refractivity contribution in [2.24, 2.45) is 0 Å². The number of carbonyl (C=O) groups is 2. The van der Waals surface area contributed by atoms with Gasteiger partial charge in [0, 0.05) is 21.5 Å². The van der Waals surface area contributed by atoms with Crippen molar-refractivity contribution in [3.63, 3.8) is 0 Å². The molecule has 1 N–H and O–H groups in total. The highest BCUT2D eigenvalue weighted by Gasteiger charge is 2.34. The van der Waals surface area contributed by atoms with E-state index in [2.05, 4.69) is 52.9 Å². The van der Waals surface area contributed by atoms with Crippen molar-refractivity contribution in [1.29, 1.82) is 0 Å². The maximum Gasteiger partial charge on any atom is 0.270 e. The average Bonchev–Trinajstić information content (AvgIpc) is 3.25. The fourth-order valence-corrected chi connectivity index (χ4v) is 4.25. The number of thiocarbonyl (C=S) groups is 1. The SMILES string of the molecule is CC(C)(C)c1cc(C(C)(C)C)n(-c2ccc(C=C3C(=O)NC(=S)N(c4ccc(Cl)cc4)C3=O)cc2)n1. The minimum atomic E-state index is -0.531. The van der Waals surface area contributed by atoms with E-state index in [1.54, 1.807) is 30.3 Å². The summed E-state index contributed by atoms with van der Waals surface area (Å²) in [7, 11) is 0. The van der Waals surface area contributed by atoms with Crippen LogP contribution in [0, 0.1) is 0 Å². The molecule has 1 saturated heterocycles. The van der Waals surface area contributed by atoms with Gasteiger partial charge in [-0.25, -0.2) is 4.68 Å². The first-order chi connectivity index (χ1) is 16.8. The molecule has 2 aromatic carbocycles. The number of rotatable bonds is 3. The van der Waals surface area contributed by atoms with E-state index in [-0.39, 0.29) is 21.5 Å². The monoisotopic (exact) mass is 520 g/mol. The van der Waals surface area contributed by atoms with Gasteiger partial charge in [-0.3, -0.25) is 19.8 Å². The molecule has 1 fully saturated rings. The number of benzene rings is 2. The Labute approximate surface area is 221 Å². The van der Waals surface area contributed by atoms with E-state index in [4.69, 9.17) is 28.9 Å². The van der Waals surface area contributed by atoms with Gasteiger partial charge in [0.05, 0.1) is 17.1 Å². The van der Waals surface area contributed by atoms with E-state index in [9.17, 15) is 9.59 Å². The molecule has 0 spiro atoms. The maximum atomic E-state index is 13.2. The lowest BCUT2D eigenvalue weighted by molar-refractivity contribution is -0.122. The van der Waals surface area contributed by atoms with Crippen molar-refractivity contribution in [1.82, 2.24) is 15.1 Å². The fourth-order valence-electron chi connectivity index (χ4n) is 3.84. The molecule has 6 nitrogen and oxygen atoms in total. The van der Waals surface area contributed by atoms with Crippen LogP contribution in [-0.2, 0) is 20.4 Å². The van der Waals surface area contributed by atoms with Crippen LogP contribution in [0.4, 0.5) is 5.69 Å². The molecule has 1 aromatic heterocycles. The molecule has 36 heavy (non-hydrogen) atoms. The van der Waals surface area contributed by atoms with Crippen LogP contribution in [0.1, 0.15) is 58.5 Å². The van der Waals surface area contributed by atoms with Crippen molar-refractivity contribution in [3.8, 4) is 5.69 Å². The molecule has 0 unspecified atom stereocenters. The molecule has 8 heteroatoms. The summed E-state index contributed by atoms with van der Waals surface area (Å²) in [4.78, 5) is 27.2. The molecule has 1 aliphatic rings. The molecule has 1 aliphatic heterocycles. The Hall–Kier alpha value is -3.29. The summed E-state index contributed by atoms with van der Waals surface area (Å²) in [5, 5.41) is 8.07. The molecular weight excluding hydrogens is 492 g/mol. The lowest BCUT2D eigenvalue weighted by atomic mass is 9.88. The number of anilines is 1. The van der Waals surface area contributed by atoms with Gasteiger partial charge in [-0.1, -0.05) is 65.3 Å². The molecular formula is C28H29ClN4O2S. The second-order valence-electron chi connectivity index (χ2n) is 10.9. The van der Waals surface area contributed by atoms with Gasteiger partial charge in [0.25, 0.3) is 11.8 Å². The van der Waals surface area contributed by atoms with Crippen LogP contribution in [0.2, 0.25) is 5.02 Å². The molecule has 0 saturated carbocycles. The molecule has 186 valence electrons. The Morgan fingerprint density at radius 1 is 0.889 bits per heavy atom. The van der Waals surface area contributed by atoms with Crippen LogP contribution < -0.4 is 10.2 Å². The van der Waals surface area contributed by atoms with Crippen LogP contribution in [-0.4, -0.2) is 26.7 Å². The van der Waals surface area contributed by atoms with Crippen molar-refractivity contribution in [2.45, 2.75) is 52.4 Å². The minimum absolute atomic E-state index is 0.00390. The van der Waals surface area contributed by atoms with Crippen LogP contribution in [0.25, 0.3) is 11.8 Å². The maximum absolute atomic E-state index is 13.2. The largest absolute Gasteiger partial charge is 0.298 e. The molecule has 2 heterocycles. The van der Waals surface area contributed by atoms with E-state index < -0.39 is 11.8 Å². The average molecular weight is 521 g/mol. The predicted octanol–water partition coefficient (Wildman–Crippen LogP) is 5.95. The number of halogens is 1. The zero-order chi connectivity index (χ0) is 26.4. The summed E-state index contributed by atoms with van der Waals surface area (Å²) in [5.41, 5.74) is 4.07. The first-order valence-corrected chi connectivity index (χ1v) is 12.4. The van der Waals surface area contributed by atoms with Crippen LogP contribution in [0.5, 0.6) is 0 Å². The second kappa shape index (κ2) is 9.30. The van der Waals surface area contributed by atoms with Crippen molar-refractivity contribution in [2.75, 3.05) is 4.90 Å². The molecule has 0 aliphatic carbocycles. The highest BCUT2D eigenvalue weighted by Crippen LogP contribution is 2.31. The lowest BCUT2D eigenvalue weighted by Gasteiger charge is -2.29. The zero-order valence-corrected chi connectivity index (χ0v) is 22.8. The van der Waals surface area contributed by atoms with E-state index in [0.29, 0.717) is 16.3 Å². The zero-order valence-electron chi connectivity index (χ0n) is 21.2. The Balaban J connectivity index is 1.68. The molecule has 2 amide bonds. The van der Waals surface area contributed by atoms with Gasteiger partial charge in [-0.05, 0) is 66.3 Å². The van der Waals surface area contributed by atoms with Crippen LogP contribution >= 0.6 is 23.8 Å². The Morgan fingerprint density at radius 3 is 2.03 bits per heavy atom. The Bertz CT molecular complexity index is 1370. The quantitative estimate of drug-likeness (QED) is 0.263. The summed E-state index contributed by atoms with van der Waals surface area (Å²) in [6.45, 7) is 12.9. The highest BCUT2D eigenvalue weighted by atomic mass is 35.5. The standard InChI is InChI=1S/C28H29ClN4O2S/c1-27(2,3)22-16-23(28(4,5)6)33(31-22)20-11-7-17(8-12-20)15-21-24(34)30-26(36)32(25(21)35)19-13-9-18(29)10-14-19/h7-16H,1-6H3,(H,30,34,36). The topological polar surface area (TPSA) is 67.2 Å². The van der Waals surface area contributed by atoms with Crippen molar-refractivity contribution < 1.29 is 9.59 Å². The summed E-state index contributed by atoms with van der Waals surface area (Å²) < 4.78 is 1.97. The predicted molar refractivity (Wildman–Crippen MR) is 149 cm³/mol. The van der Waals surface area contributed by atoms with Gasteiger partial charge in [0.1, 0.15) is 5.57 Å². The van der Waals surface area contributed by atoms with Crippen molar-refractivity contribution in [3.05, 3.63) is 82.1 Å². The lowest BCUT2D eigenvalue weighted by Crippen LogP contribution is -2.54. The summed E-state index contributed by atoms with van der Waals surface area (Å²) in [6.07, 6.45) is 1.57. The van der Waals surface area contributed by atoms with Gasteiger partial charge in [0.15, 0.2) is 5.11 Å². The van der Waals surface area contributed by atoms with Gasteiger partial charge < -0.3 is 0 Å². The number of hydrogen-bond acceptors (Lipinski definition) is 4. The number of amides is 2. The van der Waals surface area contributed by atoms with Gasteiger partial charge in [0.2, 0.25) is 0 Å². The summed E-state index contributed by atoms with van der Waals surface area (Å²) in [6, 6.07) is 16.5. The first-order valence-electron chi connectivity index (χ1n) is 11.6. The summed E-state index contributed by atoms with van der Waals surface area (Å²) in [5.74, 6) is -1.02.